The number of aromatic nitrogens is 2. The zero-order valence-corrected chi connectivity index (χ0v) is 17.4. The molecule has 4 rings (SSSR count). The average molecular weight is 401 g/mol. The zero-order valence-electron chi connectivity index (χ0n) is 16.6. The molecule has 0 radical (unpaired) electrons. The number of thiazole rings is 1. The van der Waals surface area contributed by atoms with Gasteiger partial charge in [-0.05, 0) is 51.7 Å². The molecule has 2 aliphatic rings. The van der Waals surface area contributed by atoms with Gasteiger partial charge in [0.2, 0.25) is 0 Å². The normalized spacial score (nSPS) is 21.9. The monoisotopic (exact) mass is 400 g/mol. The summed E-state index contributed by atoms with van der Waals surface area (Å²) in [7, 11) is 0. The van der Waals surface area contributed by atoms with Gasteiger partial charge in [-0.1, -0.05) is 6.07 Å². The summed E-state index contributed by atoms with van der Waals surface area (Å²) in [6.45, 7) is 7.49. The van der Waals surface area contributed by atoms with Crippen LogP contribution in [-0.2, 0) is 11.3 Å². The first kappa shape index (κ1) is 19.5. The predicted octanol–water partition coefficient (Wildman–Crippen LogP) is 3.10. The van der Waals surface area contributed by atoms with E-state index in [9.17, 15) is 4.79 Å². The third kappa shape index (κ3) is 4.59. The maximum Gasteiger partial charge on any atom is 0.270 e. The number of pyridine rings is 1. The summed E-state index contributed by atoms with van der Waals surface area (Å²) in [5.74, 6) is -0.102. The fourth-order valence-corrected chi connectivity index (χ4v) is 4.80. The summed E-state index contributed by atoms with van der Waals surface area (Å²) >= 11 is 1.50. The third-order valence-electron chi connectivity index (χ3n) is 5.78. The predicted molar refractivity (Wildman–Crippen MR) is 110 cm³/mol. The largest absolute Gasteiger partial charge is 0.370 e. The van der Waals surface area contributed by atoms with Gasteiger partial charge in [-0.3, -0.25) is 14.7 Å². The first-order chi connectivity index (χ1) is 13.5. The van der Waals surface area contributed by atoms with Crippen LogP contribution in [0.3, 0.4) is 0 Å². The number of aryl methyl sites for hydroxylation is 2. The smallest absolute Gasteiger partial charge is 0.270 e. The first-order valence-corrected chi connectivity index (χ1v) is 10.9. The Morgan fingerprint density at radius 2 is 2.11 bits per heavy atom. The molecule has 1 spiro atoms. The van der Waals surface area contributed by atoms with Crippen LogP contribution in [-0.4, -0.2) is 52.1 Å². The molecule has 2 aromatic heterocycles. The van der Waals surface area contributed by atoms with Crippen molar-refractivity contribution < 1.29 is 9.53 Å². The molecule has 0 bridgehead atoms. The standard InChI is InChI=1S/C21H28N4O2S/c1-15-4-3-5-17(23-15)13-25-10-8-21(9-11-25)7-6-18(27-21)12-22-20(26)19-14-28-16(2)24-19/h3-5,14,18H,6-13H2,1-2H3,(H,22,26). The molecule has 0 aliphatic carbocycles. The topological polar surface area (TPSA) is 67.4 Å². The van der Waals surface area contributed by atoms with Crippen molar-refractivity contribution in [3.8, 4) is 0 Å². The van der Waals surface area contributed by atoms with Gasteiger partial charge >= 0.3 is 0 Å². The summed E-state index contributed by atoms with van der Waals surface area (Å²) < 4.78 is 6.42. The second-order valence-electron chi connectivity index (χ2n) is 7.97. The Bertz CT molecular complexity index is 829. The van der Waals surface area contributed by atoms with Crippen molar-refractivity contribution in [3.05, 3.63) is 45.7 Å². The quantitative estimate of drug-likeness (QED) is 0.835. The van der Waals surface area contributed by atoms with Crippen molar-refractivity contribution in [1.82, 2.24) is 20.2 Å². The van der Waals surface area contributed by atoms with Crippen molar-refractivity contribution in [3.63, 3.8) is 0 Å². The molecule has 2 aromatic rings. The molecule has 150 valence electrons. The lowest BCUT2D eigenvalue weighted by molar-refractivity contribution is -0.0765. The average Bonchev–Trinajstić information content (AvgIpc) is 3.29. The molecular weight excluding hydrogens is 372 g/mol. The Morgan fingerprint density at radius 3 is 2.82 bits per heavy atom. The van der Waals surface area contributed by atoms with E-state index in [-0.39, 0.29) is 17.6 Å². The van der Waals surface area contributed by atoms with E-state index >= 15 is 0 Å². The van der Waals surface area contributed by atoms with Crippen LogP contribution in [0, 0.1) is 13.8 Å². The van der Waals surface area contributed by atoms with E-state index in [1.54, 1.807) is 5.38 Å². The van der Waals surface area contributed by atoms with Gasteiger partial charge in [-0.25, -0.2) is 4.98 Å². The van der Waals surface area contributed by atoms with Gasteiger partial charge in [0.1, 0.15) is 5.69 Å². The Morgan fingerprint density at radius 1 is 1.29 bits per heavy atom. The minimum atomic E-state index is -0.102. The molecule has 1 unspecified atom stereocenters. The Labute approximate surface area is 170 Å². The second-order valence-corrected chi connectivity index (χ2v) is 9.03. The number of carbonyl (C=O) groups is 1. The van der Waals surface area contributed by atoms with Crippen LogP contribution >= 0.6 is 11.3 Å². The molecule has 2 aliphatic heterocycles. The number of piperidine rings is 1. The molecule has 2 fully saturated rings. The summed E-state index contributed by atoms with van der Waals surface area (Å²) in [6.07, 6.45) is 4.30. The SMILES string of the molecule is Cc1cccc(CN2CCC3(CCC(CNC(=O)c4csc(C)n4)O3)CC2)n1. The molecule has 0 aromatic carbocycles. The molecule has 6 nitrogen and oxygen atoms in total. The molecule has 1 N–H and O–H groups in total. The number of likely N-dealkylation sites (tertiary alicyclic amines) is 1. The van der Waals surface area contributed by atoms with Crippen molar-refractivity contribution >= 4 is 17.2 Å². The molecule has 4 heterocycles. The van der Waals surface area contributed by atoms with Crippen molar-refractivity contribution in [2.24, 2.45) is 0 Å². The van der Waals surface area contributed by atoms with Crippen molar-refractivity contribution in [1.29, 1.82) is 0 Å². The Kier molecular flexibility index (Phi) is 5.75. The van der Waals surface area contributed by atoms with E-state index in [0.29, 0.717) is 12.2 Å². The second kappa shape index (κ2) is 8.27. The van der Waals surface area contributed by atoms with Gasteiger partial charge < -0.3 is 10.1 Å². The third-order valence-corrected chi connectivity index (χ3v) is 6.55. The molecular formula is C21H28N4O2S. The number of amides is 1. The highest BCUT2D eigenvalue weighted by Crippen LogP contribution is 2.39. The lowest BCUT2D eigenvalue weighted by Gasteiger charge is -2.39. The lowest BCUT2D eigenvalue weighted by atomic mass is 9.88. The molecule has 7 heteroatoms. The molecule has 1 amide bonds. The lowest BCUT2D eigenvalue weighted by Crippen LogP contribution is -2.45. The highest BCUT2D eigenvalue weighted by Gasteiger charge is 2.42. The van der Waals surface area contributed by atoms with Crippen LogP contribution in [0.5, 0.6) is 0 Å². The van der Waals surface area contributed by atoms with Crippen LogP contribution < -0.4 is 5.32 Å². The highest BCUT2D eigenvalue weighted by atomic mass is 32.1. The summed E-state index contributed by atoms with van der Waals surface area (Å²) in [5, 5.41) is 5.70. The molecule has 28 heavy (non-hydrogen) atoms. The minimum absolute atomic E-state index is 0.0108. The number of nitrogens with zero attached hydrogens (tertiary/aromatic N) is 3. The fraction of sp³-hybridized carbons (Fsp3) is 0.571. The number of carbonyl (C=O) groups excluding carboxylic acids is 1. The minimum Gasteiger partial charge on any atom is -0.370 e. The van der Waals surface area contributed by atoms with Crippen LogP contribution in [0.4, 0.5) is 0 Å². The number of hydrogen-bond donors (Lipinski definition) is 1. The summed E-state index contributed by atoms with van der Waals surface area (Å²) in [5.41, 5.74) is 2.71. The van der Waals surface area contributed by atoms with Crippen LogP contribution in [0.15, 0.2) is 23.6 Å². The molecule has 2 saturated heterocycles. The highest BCUT2D eigenvalue weighted by molar-refractivity contribution is 7.09. The fourth-order valence-electron chi connectivity index (χ4n) is 4.21. The molecule has 0 saturated carbocycles. The van der Waals surface area contributed by atoms with E-state index in [2.05, 4.69) is 32.3 Å². The van der Waals surface area contributed by atoms with E-state index in [4.69, 9.17) is 4.74 Å². The van der Waals surface area contributed by atoms with E-state index < -0.39 is 0 Å². The van der Waals surface area contributed by atoms with Crippen LogP contribution in [0.1, 0.15) is 52.6 Å². The van der Waals surface area contributed by atoms with Gasteiger partial charge in [-0.2, -0.15) is 0 Å². The van der Waals surface area contributed by atoms with Gasteiger partial charge in [0, 0.05) is 37.3 Å². The summed E-state index contributed by atoms with van der Waals surface area (Å²) in [4.78, 5) is 23.5. The van der Waals surface area contributed by atoms with E-state index in [1.165, 1.54) is 11.3 Å². The maximum atomic E-state index is 12.2. The number of ether oxygens (including phenoxy) is 1. The zero-order chi connectivity index (χ0) is 19.6. The van der Waals surface area contributed by atoms with Gasteiger partial charge in [0.25, 0.3) is 5.91 Å². The van der Waals surface area contributed by atoms with Gasteiger partial charge in [0.05, 0.1) is 22.4 Å². The Hall–Kier alpha value is -1.83. The van der Waals surface area contributed by atoms with Gasteiger partial charge in [0.15, 0.2) is 0 Å². The van der Waals surface area contributed by atoms with Crippen LogP contribution in [0.25, 0.3) is 0 Å². The van der Waals surface area contributed by atoms with Crippen molar-refractivity contribution in [2.45, 2.75) is 57.8 Å². The molecule has 1 atom stereocenters. The number of rotatable bonds is 5. The summed E-state index contributed by atoms with van der Waals surface area (Å²) in [6, 6.07) is 6.22. The Balaban J connectivity index is 1.23. The first-order valence-electron chi connectivity index (χ1n) is 10.0. The van der Waals surface area contributed by atoms with E-state index in [0.717, 1.165) is 61.7 Å². The van der Waals surface area contributed by atoms with Gasteiger partial charge in [-0.15, -0.1) is 11.3 Å². The van der Waals surface area contributed by atoms with Crippen molar-refractivity contribution in [2.75, 3.05) is 19.6 Å². The van der Waals surface area contributed by atoms with E-state index in [1.807, 2.05) is 19.9 Å². The maximum absolute atomic E-state index is 12.2. The van der Waals surface area contributed by atoms with Crippen LogP contribution in [0.2, 0.25) is 0 Å². The number of nitrogens with one attached hydrogen (secondary N) is 1. The number of hydrogen-bond acceptors (Lipinski definition) is 6.